The number of hydrogen-bond donors (Lipinski definition) is 2. The lowest BCUT2D eigenvalue weighted by Crippen LogP contribution is -2.11. The molecule has 1 aromatic carbocycles. The Morgan fingerprint density at radius 2 is 2.06 bits per heavy atom. The zero-order chi connectivity index (χ0) is 13.2. The molecule has 18 heavy (non-hydrogen) atoms. The molecule has 0 atom stereocenters. The van der Waals surface area contributed by atoms with Crippen molar-refractivity contribution in [3.05, 3.63) is 47.2 Å². The summed E-state index contributed by atoms with van der Waals surface area (Å²) in [6, 6.07) is 8.98. The molecule has 0 spiro atoms. The predicted molar refractivity (Wildman–Crippen MR) is 66.9 cm³/mol. The van der Waals surface area contributed by atoms with E-state index in [0.29, 0.717) is 10.7 Å². The van der Waals surface area contributed by atoms with Crippen LogP contribution in [0.4, 0.5) is 5.69 Å². The fraction of sp³-hybridized carbons (Fsp3) is 0.0909. The lowest BCUT2D eigenvalue weighted by atomic mass is 10.3. The van der Waals surface area contributed by atoms with E-state index in [1.165, 1.54) is 18.2 Å². The normalized spacial score (nSPS) is 11.4. The number of rotatable bonds is 4. The molecule has 2 rings (SSSR count). The molecule has 2 aromatic rings. The minimum Gasteiger partial charge on any atom is -0.445 e. The standard InChI is InChI=1S/C11H10ClNO4S/c12-8-2-1-3-9(6-8)13-18(15,16)11-5-4-10(7-14)17-11/h1-6,13-14H,7H2. The maximum absolute atomic E-state index is 11.9. The lowest BCUT2D eigenvalue weighted by molar-refractivity contribution is 0.236. The fourth-order valence-electron chi connectivity index (χ4n) is 1.35. The first-order valence-corrected chi connectivity index (χ1v) is 6.85. The highest BCUT2D eigenvalue weighted by Gasteiger charge is 2.18. The Balaban J connectivity index is 2.27. The quantitative estimate of drug-likeness (QED) is 0.904. The fourth-order valence-corrected chi connectivity index (χ4v) is 2.54. The molecule has 0 radical (unpaired) electrons. The third kappa shape index (κ3) is 2.84. The molecule has 0 aliphatic rings. The number of furan rings is 1. The van der Waals surface area contributed by atoms with Crippen molar-refractivity contribution < 1.29 is 17.9 Å². The van der Waals surface area contributed by atoms with Crippen LogP contribution in [0.3, 0.4) is 0 Å². The SMILES string of the molecule is O=S(=O)(Nc1cccc(Cl)c1)c1ccc(CO)o1. The number of aliphatic hydroxyl groups is 1. The van der Waals surface area contributed by atoms with Crippen LogP contribution in [0.25, 0.3) is 0 Å². The first-order chi connectivity index (χ1) is 8.51. The molecular formula is C11H10ClNO4S. The third-order valence-electron chi connectivity index (χ3n) is 2.13. The van der Waals surface area contributed by atoms with E-state index in [2.05, 4.69) is 4.72 Å². The second-order valence-corrected chi connectivity index (χ2v) is 5.54. The Kier molecular flexibility index (Phi) is 3.60. The van der Waals surface area contributed by atoms with E-state index in [0.717, 1.165) is 0 Å². The van der Waals surface area contributed by atoms with Gasteiger partial charge in [-0.2, -0.15) is 8.42 Å². The molecule has 0 amide bonds. The summed E-state index contributed by atoms with van der Waals surface area (Å²) in [6.07, 6.45) is 0. The number of halogens is 1. The number of nitrogens with one attached hydrogen (secondary N) is 1. The molecule has 1 aromatic heterocycles. The van der Waals surface area contributed by atoms with Gasteiger partial charge in [-0.15, -0.1) is 0 Å². The summed E-state index contributed by atoms with van der Waals surface area (Å²) in [4.78, 5) is 0. The predicted octanol–water partition coefficient (Wildman–Crippen LogP) is 2.23. The van der Waals surface area contributed by atoms with Gasteiger partial charge < -0.3 is 9.52 Å². The van der Waals surface area contributed by atoms with E-state index in [-0.39, 0.29) is 17.5 Å². The molecule has 0 aliphatic heterocycles. The summed E-state index contributed by atoms with van der Waals surface area (Å²) >= 11 is 5.75. The van der Waals surface area contributed by atoms with Gasteiger partial charge in [0.15, 0.2) is 0 Å². The van der Waals surface area contributed by atoms with E-state index in [1.54, 1.807) is 18.2 Å². The van der Waals surface area contributed by atoms with Gasteiger partial charge in [-0.1, -0.05) is 17.7 Å². The summed E-state index contributed by atoms with van der Waals surface area (Å²) in [5.41, 5.74) is 0.337. The average molecular weight is 288 g/mol. The highest BCUT2D eigenvalue weighted by Crippen LogP contribution is 2.20. The Labute approximate surface area is 109 Å². The van der Waals surface area contributed by atoms with Crippen molar-refractivity contribution in [2.24, 2.45) is 0 Å². The smallest absolute Gasteiger partial charge is 0.295 e. The van der Waals surface area contributed by atoms with Crippen molar-refractivity contribution in [3.63, 3.8) is 0 Å². The molecule has 96 valence electrons. The van der Waals surface area contributed by atoms with E-state index >= 15 is 0 Å². The number of hydrogen-bond acceptors (Lipinski definition) is 4. The van der Waals surface area contributed by atoms with Gasteiger partial charge in [-0.05, 0) is 30.3 Å². The molecule has 2 N–H and O–H groups in total. The molecule has 0 aliphatic carbocycles. The molecule has 0 fully saturated rings. The number of benzene rings is 1. The van der Waals surface area contributed by atoms with E-state index < -0.39 is 10.0 Å². The highest BCUT2D eigenvalue weighted by molar-refractivity contribution is 7.92. The van der Waals surface area contributed by atoms with Gasteiger partial charge in [-0.25, -0.2) is 0 Å². The molecule has 0 saturated heterocycles. The van der Waals surface area contributed by atoms with Gasteiger partial charge in [0.05, 0.1) is 5.69 Å². The van der Waals surface area contributed by atoms with Crippen molar-refractivity contribution in [1.82, 2.24) is 0 Å². The summed E-state index contributed by atoms with van der Waals surface area (Å²) in [5.74, 6) is 0.182. The first kappa shape index (κ1) is 12.9. The van der Waals surface area contributed by atoms with Crippen LogP contribution in [0, 0.1) is 0 Å². The van der Waals surface area contributed by atoms with Crippen LogP contribution >= 0.6 is 11.6 Å². The third-order valence-corrected chi connectivity index (χ3v) is 3.62. The summed E-state index contributed by atoms with van der Waals surface area (Å²) in [5, 5.41) is 8.98. The van der Waals surface area contributed by atoms with Gasteiger partial charge in [0, 0.05) is 5.02 Å². The zero-order valence-electron chi connectivity index (χ0n) is 9.13. The lowest BCUT2D eigenvalue weighted by Gasteiger charge is -2.05. The highest BCUT2D eigenvalue weighted by atomic mass is 35.5. The van der Waals surface area contributed by atoms with Gasteiger partial charge >= 0.3 is 0 Å². The summed E-state index contributed by atoms with van der Waals surface area (Å²) < 4.78 is 31.1. The van der Waals surface area contributed by atoms with Crippen molar-refractivity contribution in [1.29, 1.82) is 0 Å². The topological polar surface area (TPSA) is 79.5 Å². The van der Waals surface area contributed by atoms with Gasteiger partial charge in [-0.3, -0.25) is 4.72 Å². The van der Waals surface area contributed by atoms with Crippen LogP contribution < -0.4 is 4.72 Å². The molecule has 7 heteroatoms. The second kappa shape index (κ2) is 5.01. The van der Waals surface area contributed by atoms with Crippen molar-refractivity contribution in [2.45, 2.75) is 11.7 Å². The van der Waals surface area contributed by atoms with Crippen molar-refractivity contribution in [3.8, 4) is 0 Å². The second-order valence-electron chi connectivity index (χ2n) is 3.49. The Hall–Kier alpha value is -1.50. The van der Waals surface area contributed by atoms with Crippen LogP contribution in [0.15, 0.2) is 45.9 Å². The molecule has 0 bridgehead atoms. The number of anilines is 1. The van der Waals surface area contributed by atoms with Gasteiger partial charge in [0.1, 0.15) is 12.4 Å². The molecule has 5 nitrogen and oxygen atoms in total. The van der Waals surface area contributed by atoms with Crippen LogP contribution in [0.2, 0.25) is 5.02 Å². The minimum atomic E-state index is -3.81. The van der Waals surface area contributed by atoms with Gasteiger partial charge in [0.2, 0.25) is 5.09 Å². The molecule has 0 unspecified atom stereocenters. The van der Waals surface area contributed by atoms with Crippen LogP contribution in [0.1, 0.15) is 5.76 Å². The van der Waals surface area contributed by atoms with Crippen LogP contribution in [0.5, 0.6) is 0 Å². The first-order valence-electron chi connectivity index (χ1n) is 4.99. The van der Waals surface area contributed by atoms with Crippen LogP contribution in [-0.4, -0.2) is 13.5 Å². The number of sulfonamides is 1. The van der Waals surface area contributed by atoms with Crippen molar-refractivity contribution in [2.75, 3.05) is 4.72 Å². The van der Waals surface area contributed by atoms with E-state index in [4.69, 9.17) is 21.1 Å². The Morgan fingerprint density at radius 1 is 1.28 bits per heavy atom. The van der Waals surface area contributed by atoms with E-state index in [9.17, 15) is 8.42 Å². The van der Waals surface area contributed by atoms with E-state index in [1.807, 2.05) is 0 Å². The maximum atomic E-state index is 11.9. The monoisotopic (exact) mass is 287 g/mol. The largest absolute Gasteiger partial charge is 0.445 e. The van der Waals surface area contributed by atoms with Crippen molar-refractivity contribution >= 4 is 27.3 Å². The molecule has 0 saturated carbocycles. The minimum absolute atomic E-state index is 0.182. The Morgan fingerprint density at radius 3 is 2.67 bits per heavy atom. The van der Waals surface area contributed by atoms with Crippen LogP contribution in [-0.2, 0) is 16.6 Å². The summed E-state index contributed by atoms with van der Waals surface area (Å²) in [6.45, 7) is -0.354. The average Bonchev–Trinajstić information content (AvgIpc) is 2.77. The number of aliphatic hydroxyl groups excluding tert-OH is 1. The Bertz CT molecular complexity index is 651. The maximum Gasteiger partial charge on any atom is 0.295 e. The molecular weight excluding hydrogens is 278 g/mol. The molecule has 1 heterocycles. The summed E-state index contributed by atoms with van der Waals surface area (Å²) in [7, 11) is -3.81. The zero-order valence-corrected chi connectivity index (χ0v) is 10.7. The van der Waals surface area contributed by atoms with Gasteiger partial charge in [0.25, 0.3) is 10.0 Å².